The van der Waals surface area contributed by atoms with Crippen LogP contribution >= 0.6 is 34.8 Å². The van der Waals surface area contributed by atoms with Crippen molar-refractivity contribution >= 4 is 54.9 Å². The summed E-state index contributed by atoms with van der Waals surface area (Å²) < 4.78 is 15.6. The summed E-state index contributed by atoms with van der Waals surface area (Å²) >= 11 is 16.5. The van der Waals surface area contributed by atoms with E-state index >= 15 is 0 Å². The van der Waals surface area contributed by atoms with Gasteiger partial charge in [0, 0.05) is 12.3 Å². The Bertz CT molecular complexity index is 574. The van der Waals surface area contributed by atoms with E-state index in [0.717, 1.165) is 0 Å². The third kappa shape index (κ3) is 4.25. The van der Waals surface area contributed by atoms with E-state index in [1.807, 2.05) is 6.92 Å². The van der Waals surface area contributed by atoms with E-state index in [1.54, 1.807) is 0 Å². The smallest absolute Gasteiger partial charge is 0.358 e. The van der Waals surface area contributed by atoms with Crippen LogP contribution in [-0.2, 0) is 23.5 Å². The lowest BCUT2D eigenvalue weighted by Crippen LogP contribution is -2.61. The molecule has 2 fully saturated rings. The van der Waals surface area contributed by atoms with Gasteiger partial charge in [0.05, 0.1) is 13.2 Å². The van der Waals surface area contributed by atoms with Crippen LogP contribution in [0.1, 0.15) is 33.1 Å². The number of ketones is 1. The molecular formula is C17H27Cl3O5Si. The first kappa shape index (κ1) is 22.4. The van der Waals surface area contributed by atoms with Crippen molar-refractivity contribution in [3.63, 3.8) is 0 Å². The Morgan fingerprint density at radius 2 is 1.96 bits per heavy atom. The molecule has 2 aliphatic rings. The maximum Gasteiger partial charge on any atom is 0.358 e. The molecule has 5 nitrogen and oxygen atoms in total. The molecule has 0 aromatic heterocycles. The number of hydrogen-bond acceptors (Lipinski definition) is 5. The van der Waals surface area contributed by atoms with Crippen molar-refractivity contribution in [1.82, 2.24) is 0 Å². The van der Waals surface area contributed by atoms with Crippen LogP contribution in [0.2, 0.25) is 19.6 Å². The SMILES string of the molecule is C[C@H]1CC(=O)[C@]2(O[Si](C)(C)C)[C@H]1CO[C@]2(C)CCCOC(=O)C(Cl)(Cl)Cl. The van der Waals surface area contributed by atoms with E-state index in [1.165, 1.54) is 0 Å². The molecule has 0 spiro atoms. The second-order valence-electron chi connectivity index (χ2n) is 8.44. The Hall–Kier alpha value is 0.147. The van der Waals surface area contributed by atoms with E-state index in [0.29, 0.717) is 25.9 Å². The molecule has 4 atom stereocenters. The summed E-state index contributed by atoms with van der Waals surface area (Å²) in [6, 6.07) is 0. The maximum atomic E-state index is 13.0. The number of fused-ring (bicyclic) bond motifs is 1. The Labute approximate surface area is 171 Å². The van der Waals surface area contributed by atoms with E-state index < -0.39 is 29.3 Å². The fraction of sp³-hybridized carbons (Fsp3) is 0.882. The average Bonchev–Trinajstić information content (AvgIpc) is 2.87. The van der Waals surface area contributed by atoms with Gasteiger partial charge in [-0.3, -0.25) is 4.79 Å². The molecule has 1 saturated heterocycles. The fourth-order valence-electron chi connectivity index (χ4n) is 4.18. The van der Waals surface area contributed by atoms with Gasteiger partial charge in [-0.2, -0.15) is 0 Å². The molecular weight excluding hydrogens is 419 g/mol. The van der Waals surface area contributed by atoms with Crippen molar-refractivity contribution in [2.24, 2.45) is 11.8 Å². The summed E-state index contributed by atoms with van der Waals surface area (Å²) in [4.78, 5) is 24.6. The lowest BCUT2D eigenvalue weighted by Gasteiger charge is -2.45. The number of rotatable bonds is 6. The summed E-state index contributed by atoms with van der Waals surface area (Å²) in [6.07, 6.45) is 1.50. The molecule has 26 heavy (non-hydrogen) atoms. The second kappa shape index (κ2) is 7.52. The number of halogens is 3. The van der Waals surface area contributed by atoms with Gasteiger partial charge in [-0.05, 0) is 45.3 Å². The zero-order valence-electron chi connectivity index (χ0n) is 15.9. The molecule has 0 N–H and O–H groups in total. The topological polar surface area (TPSA) is 61.8 Å². The van der Waals surface area contributed by atoms with Gasteiger partial charge in [-0.25, -0.2) is 4.79 Å². The van der Waals surface area contributed by atoms with Crippen LogP contribution in [0.25, 0.3) is 0 Å². The molecule has 1 aliphatic carbocycles. The molecule has 9 heteroatoms. The Kier molecular flexibility index (Phi) is 6.49. The quantitative estimate of drug-likeness (QED) is 0.264. The average molecular weight is 446 g/mol. The van der Waals surface area contributed by atoms with Gasteiger partial charge in [0.2, 0.25) is 0 Å². The maximum absolute atomic E-state index is 13.0. The first-order valence-electron chi connectivity index (χ1n) is 8.84. The number of esters is 1. The highest BCUT2D eigenvalue weighted by molar-refractivity contribution is 6.75. The van der Waals surface area contributed by atoms with Gasteiger partial charge in [-0.15, -0.1) is 0 Å². The molecule has 0 aromatic carbocycles. The number of ether oxygens (including phenoxy) is 2. The van der Waals surface area contributed by atoms with E-state index in [-0.39, 0.29) is 24.2 Å². The van der Waals surface area contributed by atoms with Crippen molar-refractivity contribution in [2.45, 2.75) is 67.7 Å². The van der Waals surface area contributed by atoms with Gasteiger partial charge in [0.1, 0.15) is 11.2 Å². The largest absolute Gasteiger partial charge is 0.463 e. The normalized spacial score (nSPS) is 34.8. The van der Waals surface area contributed by atoms with Crippen LogP contribution in [0.4, 0.5) is 0 Å². The van der Waals surface area contributed by atoms with Crippen molar-refractivity contribution < 1.29 is 23.5 Å². The highest BCUT2D eigenvalue weighted by atomic mass is 35.6. The van der Waals surface area contributed by atoms with E-state index in [9.17, 15) is 9.59 Å². The third-order valence-electron chi connectivity index (χ3n) is 5.23. The minimum absolute atomic E-state index is 0.0513. The summed E-state index contributed by atoms with van der Waals surface area (Å²) in [7, 11) is -2.01. The first-order chi connectivity index (χ1) is 11.7. The van der Waals surface area contributed by atoms with Gasteiger partial charge >= 0.3 is 5.97 Å². The van der Waals surface area contributed by atoms with Gasteiger partial charge in [0.25, 0.3) is 3.79 Å². The lowest BCUT2D eigenvalue weighted by molar-refractivity contribution is -0.154. The van der Waals surface area contributed by atoms with Crippen LogP contribution in [0.5, 0.6) is 0 Å². The fourth-order valence-corrected chi connectivity index (χ4v) is 5.79. The molecule has 0 unspecified atom stereocenters. The van der Waals surface area contributed by atoms with Crippen LogP contribution in [0.15, 0.2) is 0 Å². The number of hydrogen-bond donors (Lipinski definition) is 0. The predicted octanol–water partition coefficient (Wildman–Crippen LogP) is 4.28. The first-order valence-corrected chi connectivity index (χ1v) is 13.4. The Morgan fingerprint density at radius 1 is 1.35 bits per heavy atom. The summed E-state index contributed by atoms with van der Waals surface area (Å²) in [5, 5.41) is 0. The standard InChI is InChI=1S/C17H27Cl3O5Si/c1-11-9-13(21)16(25-26(3,4)5)12(11)10-24-15(16,2)7-6-8-23-14(22)17(18,19)20/h11-12H,6-10H2,1-5H3/t11-,12-,15+,16+/m0/s1. The molecule has 2 rings (SSSR count). The summed E-state index contributed by atoms with van der Waals surface area (Å²) in [5.41, 5.74) is -1.68. The van der Waals surface area contributed by atoms with E-state index in [4.69, 9.17) is 48.7 Å². The minimum atomic E-state index is -2.09. The Morgan fingerprint density at radius 3 is 2.50 bits per heavy atom. The zero-order valence-corrected chi connectivity index (χ0v) is 19.1. The number of carbonyl (C=O) groups is 2. The molecule has 1 heterocycles. The monoisotopic (exact) mass is 444 g/mol. The van der Waals surface area contributed by atoms with Gasteiger partial charge in [0.15, 0.2) is 14.1 Å². The highest BCUT2D eigenvalue weighted by Crippen LogP contribution is 2.55. The third-order valence-corrected chi connectivity index (χ3v) is 6.62. The van der Waals surface area contributed by atoms with Crippen molar-refractivity contribution in [3.8, 4) is 0 Å². The van der Waals surface area contributed by atoms with Crippen LogP contribution in [-0.4, -0.2) is 48.3 Å². The molecule has 1 aliphatic heterocycles. The zero-order chi connectivity index (χ0) is 20.0. The number of Topliss-reactive ketones (excluding diaryl/α,β-unsaturated/α-hetero) is 1. The molecule has 0 amide bonds. The lowest BCUT2D eigenvalue weighted by atomic mass is 9.75. The second-order valence-corrected chi connectivity index (χ2v) is 15.2. The molecule has 150 valence electrons. The van der Waals surface area contributed by atoms with Gasteiger partial charge in [-0.1, -0.05) is 41.7 Å². The molecule has 0 aromatic rings. The Balaban J connectivity index is 2.13. The van der Waals surface area contributed by atoms with Crippen LogP contribution in [0, 0.1) is 11.8 Å². The van der Waals surface area contributed by atoms with E-state index in [2.05, 4.69) is 26.6 Å². The van der Waals surface area contributed by atoms with Crippen LogP contribution < -0.4 is 0 Å². The summed E-state index contributed by atoms with van der Waals surface area (Å²) in [6.45, 7) is 10.8. The predicted molar refractivity (Wildman–Crippen MR) is 104 cm³/mol. The molecule has 0 radical (unpaired) electrons. The minimum Gasteiger partial charge on any atom is -0.463 e. The number of alkyl halides is 3. The van der Waals surface area contributed by atoms with Crippen molar-refractivity contribution in [3.05, 3.63) is 0 Å². The van der Waals surface area contributed by atoms with Crippen LogP contribution in [0.3, 0.4) is 0 Å². The highest BCUT2D eigenvalue weighted by Gasteiger charge is 2.69. The number of carbonyl (C=O) groups excluding carboxylic acids is 2. The van der Waals surface area contributed by atoms with Gasteiger partial charge < -0.3 is 13.9 Å². The van der Waals surface area contributed by atoms with Crippen molar-refractivity contribution in [1.29, 1.82) is 0 Å². The molecule has 1 saturated carbocycles. The molecule has 0 bridgehead atoms. The summed E-state index contributed by atoms with van der Waals surface area (Å²) in [5.74, 6) is -0.509. The van der Waals surface area contributed by atoms with Crippen molar-refractivity contribution in [2.75, 3.05) is 13.2 Å².